The Morgan fingerprint density at radius 3 is 2.71 bits per heavy atom. The molecule has 0 unspecified atom stereocenters. The highest BCUT2D eigenvalue weighted by Gasteiger charge is 2.30. The number of rotatable bonds is 6. The largest absolute Gasteiger partial charge is 0.390 e. The summed E-state index contributed by atoms with van der Waals surface area (Å²) in [6.07, 6.45) is -0.841. The second-order valence-electron chi connectivity index (χ2n) is 6.89. The van der Waals surface area contributed by atoms with Crippen LogP contribution in [0.4, 0.5) is 13.2 Å². The van der Waals surface area contributed by atoms with Gasteiger partial charge in [-0.25, -0.2) is 9.97 Å². The van der Waals surface area contributed by atoms with Gasteiger partial charge in [0, 0.05) is 32.5 Å². The monoisotopic (exact) mass is 415 g/mol. The molecule has 0 spiro atoms. The molecule has 28 heavy (non-hydrogen) atoms. The molecule has 3 aromatic rings. The van der Waals surface area contributed by atoms with Crippen molar-refractivity contribution in [3.05, 3.63) is 35.5 Å². The number of hydrogen-bond donors (Lipinski definition) is 2. The number of nitrogens with one attached hydrogen (secondary N) is 2. The Kier molecular flexibility index (Phi) is 5.64. The van der Waals surface area contributed by atoms with E-state index in [1.165, 1.54) is 11.2 Å². The van der Waals surface area contributed by atoms with Gasteiger partial charge in [-0.05, 0) is 12.0 Å². The molecule has 0 aliphatic heterocycles. The summed E-state index contributed by atoms with van der Waals surface area (Å²) in [5, 5.41) is 1.05. The molecular weight excluding hydrogens is 395 g/mol. The standard InChI is InChI=1S/C18H19ClF3N5O.H2/c1-10(2)8-27(4-3-18(20,21)22)17(28)13-5-11(6-23-13)15-14-12(19)7-24-16(14)26-9-25-15;/h5-7,9-10,23H,3-4,8H2,1-2H3,(H,24,25,26);1H. The molecule has 0 aliphatic rings. The number of halogens is 4. The number of H-pyrrole nitrogens is 2. The van der Waals surface area contributed by atoms with Crippen molar-refractivity contribution in [2.45, 2.75) is 26.4 Å². The zero-order chi connectivity index (χ0) is 20.5. The highest BCUT2D eigenvalue weighted by atomic mass is 35.5. The Bertz CT molecular complexity index is 985. The predicted octanol–water partition coefficient (Wildman–Crippen LogP) is 4.90. The molecule has 0 saturated carbocycles. The van der Waals surface area contributed by atoms with Crippen LogP contribution in [0.5, 0.6) is 0 Å². The van der Waals surface area contributed by atoms with E-state index in [4.69, 9.17) is 11.6 Å². The molecule has 0 bridgehead atoms. The predicted molar refractivity (Wildman–Crippen MR) is 102 cm³/mol. The van der Waals surface area contributed by atoms with E-state index in [0.29, 0.717) is 27.3 Å². The quantitative estimate of drug-likeness (QED) is 0.600. The molecular formula is C18H21ClF3N5O. The fourth-order valence-corrected chi connectivity index (χ4v) is 3.18. The van der Waals surface area contributed by atoms with Gasteiger partial charge in [-0.3, -0.25) is 4.79 Å². The number of amides is 1. The van der Waals surface area contributed by atoms with Gasteiger partial charge >= 0.3 is 6.18 Å². The first-order chi connectivity index (χ1) is 13.2. The van der Waals surface area contributed by atoms with E-state index in [9.17, 15) is 18.0 Å². The smallest absolute Gasteiger partial charge is 0.357 e. The topological polar surface area (TPSA) is 77.7 Å². The van der Waals surface area contributed by atoms with Crippen molar-refractivity contribution >= 4 is 28.5 Å². The Morgan fingerprint density at radius 1 is 1.29 bits per heavy atom. The lowest BCUT2D eigenvalue weighted by Crippen LogP contribution is -2.37. The lowest BCUT2D eigenvalue weighted by molar-refractivity contribution is -0.136. The maximum Gasteiger partial charge on any atom is 0.390 e. The Balaban J connectivity index is 0.00000300. The van der Waals surface area contributed by atoms with Gasteiger partial charge in [0.25, 0.3) is 5.91 Å². The first-order valence-corrected chi connectivity index (χ1v) is 9.06. The van der Waals surface area contributed by atoms with E-state index in [1.807, 2.05) is 13.8 Å². The van der Waals surface area contributed by atoms with E-state index in [2.05, 4.69) is 19.9 Å². The van der Waals surface area contributed by atoms with Gasteiger partial charge in [-0.1, -0.05) is 25.4 Å². The minimum absolute atomic E-state index is 0. The molecule has 0 saturated heterocycles. The van der Waals surface area contributed by atoms with Crippen molar-refractivity contribution in [2.24, 2.45) is 5.92 Å². The van der Waals surface area contributed by atoms with Crippen molar-refractivity contribution in [1.29, 1.82) is 0 Å². The van der Waals surface area contributed by atoms with Gasteiger partial charge in [0.15, 0.2) is 0 Å². The number of carbonyl (C=O) groups is 1. The van der Waals surface area contributed by atoms with E-state index in [-0.39, 0.29) is 19.6 Å². The van der Waals surface area contributed by atoms with Crippen molar-refractivity contribution in [3.63, 3.8) is 0 Å². The zero-order valence-corrected chi connectivity index (χ0v) is 16.0. The fraction of sp³-hybridized carbons (Fsp3) is 0.389. The summed E-state index contributed by atoms with van der Waals surface area (Å²) in [6.45, 7) is 3.53. The minimum atomic E-state index is -4.33. The van der Waals surface area contributed by atoms with Crippen LogP contribution in [0.1, 0.15) is 32.2 Å². The number of nitrogens with zero attached hydrogens (tertiary/aromatic N) is 3. The first-order valence-electron chi connectivity index (χ1n) is 8.68. The molecule has 1 amide bonds. The highest BCUT2D eigenvalue weighted by molar-refractivity contribution is 6.36. The third-order valence-corrected chi connectivity index (χ3v) is 4.44. The normalized spacial score (nSPS) is 12.1. The molecule has 3 heterocycles. The Hall–Kier alpha value is -2.55. The lowest BCUT2D eigenvalue weighted by Gasteiger charge is -2.24. The van der Waals surface area contributed by atoms with Gasteiger partial charge in [-0.2, -0.15) is 13.2 Å². The molecule has 0 radical (unpaired) electrons. The van der Waals surface area contributed by atoms with Crippen molar-refractivity contribution in [3.8, 4) is 11.3 Å². The van der Waals surface area contributed by atoms with Crippen molar-refractivity contribution in [1.82, 2.24) is 24.8 Å². The summed E-state index contributed by atoms with van der Waals surface area (Å²) < 4.78 is 37.9. The number of aromatic amines is 2. The second kappa shape index (κ2) is 7.83. The molecule has 6 nitrogen and oxygen atoms in total. The molecule has 0 aliphatic carbocycles. The summed E-state index contributed by atoms with van der Waals surface area (Å²) in [5.74, 6) is -0.457. The molecule has 0 atom stereocenters. The Morgan fingerprint density at radius 2 is 2.04 bits per heavy atom. The molecule has 3 rings (SSSR count). The number of alkyl halides is 3. The highest BCUT2D eigenvalue weighted by Crippen LogP contribution is 2.31. The summed E-state index contributed by atoms with van der Waals surface area (Å²) in [6, 6.07) is 1.56. The van der Waals surface area contributed by atoms with E-state index in [0.717, 1.165) is 0 Å². The summed E-state index contributed by atoms with van der Waals surface area (Å²) >= 11 is 6.19. The van der Waals surface area contributed by atoms with Crippen LogP contribution in [0.3, 0.4) is 0 Å². The lowest BCUT2D eigenvalue weighted by atomic mass is 10.1. The summed E-state index contributed by atoms with van der Waals surface area (Å²) in [7, 11) is 0. The van der Waals surface area contributed by atoms with Crippen LogP contribution >= 0.6 is 11.6 Å². The van der Waals surface area contributed by atoms with Crippen molar-refractivity contribution in [2.75, 3.05) is 13.1 Å². The number of carbonyl (C=O) groups excluding carboxylic acids is 1. The van der Waals surface area contributed by atoms with Crippen LogP contribution in [0.2, 0.25) is 5.02 Å². The number of hydrogen-bond acceptors (Lipinski definition) is 3. The Labute approximate surface area is 165 Å². The molecule has 0 fully saturated rings. The third-order valence-electron chi connectivity index (χ3n) is 4.15. The maximum atomic E-state index is 12.8. The molecule has 3 aromatic heterocycles. The second-order valence-corrected chi connectivity index (χ2v) is 7.30. The van der Waals surface area contributed by atoms with Crippen LogP contribution in [-0.2, 0) is 0 Å². The number of fused-ring (bicyclic) bond motifs is 1. The van der Waals surface area contributed by atoms with Gasteiger partial charge < -0.3 is 14.9 Å². The molecule has 2 N–H and O–H groups in total. The van der Waals surface area contributed by atoms with Gasteiger partial charge in [0.05, 0.1) is 22.5 Å². The molecule has 10 heteroatoms. The van der Waals surface area contributed by atoms with E-state index < -0.39 is 25.0 Å². The molecule has 0 aromatic carbocycles. The SMILES string of the molecule is CC(C)CN(CCC(F)(F)F)C(=O)c1cc(-c2ncnc3[nH]cc(Cl)c23)c[nH]1.[HH]. The summed E-state index contributed by atoms with van der Waals surface area (Å²) in [5.41, 5.74) is 1.86. The van der Waals surface area contributed by atoms with Crippen molar-refractivity contribution < 1.29 is 19.4 Å². The summed E-state index contributed by atoms with van der Waals surface area (Å²) in [4.78, 5) is 28.1. The van der Waals surface area contributed by atoms with E-state index in [1.54, 1.807) is 18.5 Å². The van der Waals surface area contributed by atoms with E-state index >= 15 is 0 Å². The maximum absolute atomic E-state index is 12.8. The van der Waals surface area contributed by atoms with Crippen LogP contribution in [0, 0.1) is 5.92 Å². The number of aromatic nitrogens is 4. The fourth-order valence-electron chi connectivity index (χ4n) is 2.95. The average Bonchev–Trinajstić information content (AvgIpc) is 3.24. The van der Waals surface area contributed by atoms with Gasteiger partial charge in [0.2, 0.25) is 0 Å². The van der Waals surface area contributed by atoms with Crippen LogP contribution in [0.15, 0.2) is 24.8 Å². The molecule has 152 valence electrons. The van der Waals surface area contributed by atoms with Crippen LogP contribution in [-0.4, -0.2) is 50.0 Å². The third kappa shape index (κ3) is 4.46. The van der Waals surface area contributed by atoms with Crippen LogP contribution < -0.4 is 0 Å². The average molecular weight is 416 g/mol. The van der Waals surface area contributed by atoms with Gasteiger partial charge in [-0.15, -0.1) is 0 Å². The first kappa shape index (κ1) is 20.2. The zero-order valence-electron chi connectivity index (χ0n) is 15.3. The minimum Gasteiger partial charge on any atom is -0.357 e. The van der Waals surface area contributed by atoms with Crippen LogP contribution in [0.25, 0.3) is 22.3 Å². The van der Waals surface area contributed by atoms with Gasteiger partial charge in [0.1, 0.15) is 17.7 Å².